The largest absolute Gasteiger partial charge is 0.368 e. The minimum Gasteiger partial charge on any atom is -0.368 e. The molecule has 1 aromatic heterocycles. The molecule has 1 atom stereocenters. The zero-order chi connectivity index (χ0) is 16.9. The van der Waals surface area contributed by atoms with Gasteiger partial charge < -0.3 is 11.1 Å². The van der Waals surface area contributed by atoms with Crippen molar-refractivity contribution in [2.75, 3.05) is 11.1 Å². The molecule has 0 aliphatic carbocycles. The van der Waals surface area contributed by atoms with Crippen LogP contribution in [0.15, 0.2) is 59.5 Å². The number of thioether (sulfide) groups is 1. The first-order valence-corrected chi connectivity index (χ1v) is 8.24. The van der Waals surface area contributed by atoms with Crippen LogP contribution in [-0.4, -0.2) is 15.0 Å². The number of nitrogens with two attached hydrogens (primary N) is 1. The molecule has 0 aliphatic heterocycles. The maximum Gasteiger partial charge on any atom is 0.232 e. The van der Waals surface area contributed by atoms with Gasteiger partial charge in [-0.2, -0.15) is 15.0 Å². The van der Waals surface area contributed by atoms with Crippen LogP contribution in [0.3, 0.4) is 0 Å². The highest BCUT2D eigenvalue weighted by atomic mass is 32.2. The molecular weight excluding hydrogens is 325 g/mol. The number of rotatable bonds is 5. The lowest BCUT2D eigenvalue weighted by Crippen LogP contribution is -2.08. The summed E-state index contributed by atoms with van der Waals surface area (Å²) >= 11 is 1.34. The smallest absolute Gasteiger partial charge is 0.232 e. The van der Waals surface area contributed by atoms with E-state index in [9.17, 15) is 4.39 Å². The number of benzene rings is 2. The van der Waals surface area contributed by atoms with Crippen LogP contribution in [-0.2, 0) is 0 Å². The van der Waals surface area contributed by atoms with Gasteiger partial charge in [0.05, 0.1) is 5.25 Å². The minimum atomic E-state index is -0.265. The van der Waals surface area contributed by atoms with Crippen molar-refractivity contribution in [3.8, 4) is 0 Å². The molecule has 0 fully saturated rings. The molecule has 122 valence electrons. The Hall–Kier alpha value is -2.67. The van der Waals surface area contributed by atoms with E-state index in [0.717, 1.165) is 5.69 Å². The van der Waals surface area contributed by atoms with E-state index >= 15 is 0 Å². The Kier molecular flexibility index (Phi) is 4.90. The molecule has 1 heterocycles. The van der Waals surface area contributed by atoms with Crippen LogP contribution in [0.2, 0.25) is 0 Å². The Labute approximate surface area is 143 Å². The molecule has 3 aromatic rings. The summed E-state index contributed by atoms with van der Waals surface area (Å²) in [6.45, 7) is 1.90. The van der Waals surface area contributed by atoms with E-state index in [4.69, 9.17) is 5.73 Å². The van der Waals surface area contributed by atoms with Gasteiger partial charge in [-0.3, -0.25) is 0 Å². The maximum absolute atomic E-state index is 13.8. The second-order valence-corrected chi connectivity index (χ2v) is 6.44. The molecule has 0 amide bonds. The lowest BCUT2D eigenvalue weighted by atomic mass is 10.3. The van der Waals surface area contributed by atoms with E-state index in [2.05, 4.69) is 20.3 Å². The number of anilines is 3. The van der Waals surface area contributed by atoms with Gasteiger partial charge in [0.2, 0.25) is 11.9 Å². The molecule has 0 saturated heterocycles. The highest BCUT2D eigenvalue weighted by molar-refractivity contribution is 7.99. The van der Waals surface area contributed by atoms with Crippen LogP contribution in [0.5, 0.6) is 0 Å². The Morgan fingerprint density at radius 2 is 1.71 bits per heavy atom. The molecule has 5 nitrogen and oxygen atoms in total. The third-order valence-electron chi connectivity index (χ3n) is 3.20. The van der Waals surface area contributed by atoms with Crippen molar-refractivity contribution in [2.45, 2.75) is 17.1 Å². The number of aromatic nitrogens is 3. The molecule has 3 N–H and O–H groups in total. The van der Waals surface area contributed by atoms with Crippen LogP contribution in [0.25, 0.3) is 0 Å². The molecule has 0 unspecified atom stereocenters. The lowest BCUT2D eigenvalue weighted by molar-refractivity contribution is 0.601. The third-order valence-corrected chi connectivity index (χ3v) is 4.35. The molecule has 24 heavy (non-hydrogen) atoms. The van der Waals surface area contributed by atoms with Crippen LogP contribution in [0, 0.1) is 5.82 Å². The number of nitrogens with one attached hydrogen (secondary N) is 1. The summed E-state index contributed by atoms with van der Waals surface area (Å²) in [4.78, 5) is 13.2. The number of hydrogen-bond acceptors (Lipinski definition) is 6. The van der Waals surface area contributed by atoms with Crippen molar-refractivity contribution in [1.82, 2.24) is 15.0 Å². The first kappa shape index (κ1) is 16.2. The standard InChI is InChI=1S/C17H16FN5S/c1-11(24-14-10-6-5-9-13(14)18)15-21-16(19)23-17(22-15)20-12-7-3-2-4-8-12/h2-11H,1H3,(H3,19,20,21,22,23)/t11-/m1/s1. The monoisotopic (exact) mass is 341 g/mol. The van der Waals surface area contributed by atoms with Crippen LogP contribution in [0.4, 0.5) is 22.0 Å². The van der Waals surface area contributed by atoms with Gasteiger partial charge in [0.1, 0.15) is 11.6 Å². The minimum absolute atomic E-state index is 0.124. The Bertz CT molecular complexity index is 828. The van der Waals surface area contributed by atoms with E-state index in [-0.39, 0.29) is 17.0 Å². The lowest BCUT2D eigenvalue weighted by Gasteiger charge is -2.12. The van der Waals surface area contributed by atoms with E-state index < -0.39 is 0 Å². The Balaban J connectivity index is 1.81. The van der Waals surface area contributed by atoms with Crippen LogP contribution >= 0.6 is 11.8 Å². The summed E-state index contributed by atoms with van der Waals surface area (Å²) in [5.41, 5.74) is 6.64. The summed E-state index contributed by atoms with van der Waals surface area (Å²) in [6, 6.07) is 16.1. The summed E-state index contributed by atoms with van der Waals surface area (Å²) in [5.74, 6) is 0.720. The van der Waals surface area contributed by atoms with Gasteiger partial charge in [0, 0.05) is 10.6 Å². The van der Waals surface area contributed by atoms with E-state index in [1.807, 2.05) is 37.3 Å². The summed E-state index contributed by atoms with van der Waals surface area (Å²) in [6.07, 6.45) is 0. The molecule has 0 aliphatic rings. The quantitative estimate of drug-likeness (QED) is 0.678. The number of para-hydroxylation sites is 1. The van der Waals surface area contributed by atoms with Crippen molar-refractivity contribution < 1.29 is 4.39 Å². The number of halogens is 1. The molecule has 0 bridgehead atoms. The predicted molar refractivity (Wildman–Crippen MR) is 94.6 cm³/mol. The molecule has 3 rings (SSSR count). The Morgan fingerprint density at radius 3 is 2.46 bits per heavy atom. The van der Waals surface area contributed by atoms with Crippen LogP contribution < -0.4 is 11.1 Å². The van der Waals surface area contributed by atoms with Gasteiger partial charge in [-0.25, -0.2) is 4.39 Å². The second kappa shape index (κ2) is 7.27. The SMILES string of the molecule is C[C@@H](Sc1ccccc1F)c1nc(N)nc(Nc2ccccc2)n1. The first-order valence-electron chi connectivity index (χ1n) is 7.36. The number of nitrogen functional groups attached to an aromatic ring is 1. The van der Waals surface area contributed by atoms with Gasteiger partial charge in [-0.05, 0) is 31.2 Å². The highest BCUT2D eigenvalue weighted by Gasteiger charge is 2.15. The van der Waals surface area contributed by atoms with Crippen molar-refractivity contribution in [1.29, 1.82) is 0 Å². The average Bonchev–Trinajstić information content (AvgIpc) is 2.57. The first-order chi connectivity index (χ1) is 11.6. The third kappa shape index (κ3) is 3.99. The predicted octanol–water partition coefficient (Wildman–Crippen LogP) is 4.19. The fourth-order valence-corrected chi connectivity index (χ4v) is 3.01. The van der Waals surface area contributed by atoms with Gasteiger partial charge >= 0.3 is 0 Å². The van der Waals surface area contributed by atoms with E-state index in [0.29, 0.717) is 16.7 Å². The van der Waals surface area contributed by atoms with Crippen molar-refractivity contribution in [2.24, 2.45) is 0 Å². The van der Waals surface area contributed by atoms with Gasteiger partial charge in [0.15, 0.2) is 0 Å². The van der Waals surface area contributed by atoms with Crippen molar-refractivity contribution >= 4 is 29.3 Å². The topological polar surface area (TPSA) is 76.7 Å². The molecule has 0 spiro atoms. The molecule has 7 heteroatoms. The summed E-state index contributed by atoms with van der Waals surface area (Å²) in [7, 11) is 0. The van der Waals surface area contributed by atoms with Gasteiger partial charge in [-0.1, -0.05) is 30.3 Å². The number of hydrogen-bond donors (Lipinski definition) is 2. The normalized spacial score (nSPS) is 11.9. The highest BCUT2D eigenvalue weighted by Crippen LogP contribution is 2.34. The van der Waals surface area contributed by atoms with Crippen molar-refractivity contribution in [3.05, 3.63) is 66.2 Å². The van der Waals surface area contributed by atoms with E-state index in [1.165, 1.54) is 17.8 Å². The Morgan fingerprint density at radius 1 is 1.00 bits per heavy atom. The zero-order valence-electron chi connectivity index (χ0n) is 13.0. The van der Waals surface area contributed by atoms with Crippen molar-refractivity contribution in [3.63, 3.8) is 0 Å². The van der Waals surface area contributed by atoms with E-state index in [1.54, 1.807) is 18.2 Å². The zero-order valence-corrected chi connectivity index (χ0v) is 13.8. The summed E-state index contributed by atoms with van der Waals surface area (Å²) in [5, 5.41) is 2.91. The fourth-order valence-electron chi connectivity index (χ4n) is 2.08. The molecule has 0 radical (unpaired) electrons. The molecular formula is C17H16FN5S. The number of nitrogens with zero attached hydrogens (tertiary/aromatic N) is 3. The second-order valence-electron chi connectivity index (χ2n) is 5.06. The maximum atomic E-state index is 13.8. The van der Waals surface area contributed by atoms with Gasteiger partial charge in [0.25, 0.3) is 0 Å². The molecule has 2 aromatic carbocycles. The van der Waals surface area contributed by atoms with Gasteiger partial charge in [-0.15, -0.1) is 11.8 Å². The summed E-state index contributed by atoms with van der Waals surface area (Å²) < 4.78 is 13.8. The molecule has 0 saturated carbocycles. The average molecular weight is 341 g/mol. The fraction of sp³-hybridized carbons (Fsp3) is 0.118. The van der Waals surface area contributed by atoms with Crippen LogP contribution in [0.1, 0.15) is 18.0 Å².